The van der Waals surface area contributed by atoms with Crippen molar-refractivity contribution in [1.82, 2.24) is 19.4 Å². The number of piperazine rings is 1. The van der Waals surface area contributed by atoms with Crippen LogP contribution in [0.4, 0.5) is 0 Å². The van der Waals surface area contributed by atoms with Gasteiger partial charge < -0.3 is 14.2 Å². The molecular formula is C31H37ClN4O. The third-order valence-corrected chi connectivity index (χ3v) is 8.48. The van der Waals surface area contributed by atoms with Gasteiger partial charge in [0.1, 0.15) is 18.2 Å². The Bertz CT molecular complexity index is 1320. The van der Waals surface area contributed by atoms with Crippen LogP contribution in [0.1, 0.15) is 44.3 Å². The van der Waals surface area contributed by atoms with E-state index in [1.807, 2.05) is 24.3 Å². The van der Waals surface area contributed by atoms with Gasteiger partial charge in [-0.3, -0.25) is 4.90 Å². The highest BCUT2D eigenvalue weighted by Crippen LogP contribution is 2.26. The summed E-state index contributed by atoms with van der Waals surface area (Å²) in [6.45, 7) is 7.35. The molecule has 2 aliphatic rings. The maximum atomic E-state index is 6.12. The number of aromatic nitrogens is 2. The lowest BCUT2D eigenvalue weighted by molar-refractivity contribution is 0.0779. The standard InChI is InChI=1S/C31H37ClN4O/c32-26-11-13-28(14-12-26)37-23-31-33-29-21-24-7-4-5-8-25(24)22-30(29)36(31)16-6-15-34-17-19-35(20-18-34)27-9-2-1-3-10-27/h4-5,7-8,11-14,21-22,27H,1-3,6,9-10,15-20,23H2. The van der Waals surface area contributed by atoms with Gasteiger partial charge in [0.25, 0.3) is 0 Å². The molecule has 4 aromatic rings. The van der Waals surface area contributed by atoms with Crippen LogP contribution < -0.4 is 4.74 Å². The Hall–Kier alpha value is -2.60. The molecule has 0 bridgehead atoms. The summed E-state index contributed by atoms with van der Waals surface area (Å²) in [6.07, 6.45) is 8.19. The summed E-state index contributed by atoms with van der Waals surface area (Å²) in [7, 11) is 0. The van der Waals surface area contributed by atoms with Crippen molar-refractivity contribution in [2.75, 3.05) is 32.7 Å². The molecule has 1 aliphatic carbocycles. The van der Waals surface area contributed by atoms with Crippen molar-refractivity contribution < 1.29 is 4.74 Å². The molecule has 0 N–H and O–H groups in total. The van der Waals surface area contributed by atoms with Gasteiger partial charge in [-0.2, -0.15) is 0 Å². The van der Waals surface area contributed by atoms with Gasteiger partial charge in [0, 0.05) is 43.8 Å². The predicted octanol–water partition coefficient (Wildman–Crippen LogP) is 6.76. The second-order valence-corrected chi connectivity index (χ2v) is 11.1. The fourth-order valence-corrected chi connectivity index (χ4v) is 6.28. The van der Waals surface area contributed by atoms with Crippen molar-refractivity contribution in [3.63, 3.8) is 0 Å². The van der Waals surface area contributed by atoms with Gasteiger partial charge in [-0.15, -0.1) is 0 Å². The first-order valence-corrected chi connectivity index (χ1v) is 14.3. The number of rotatable bonds is 8. The van der Waals surface area contributed by atoms with E-state index in [4.69, 9.17) is 21.3 Å². The van der Waals surface area contributed by atoms with Gasteiger partial charge in [-0.1, -0.05) is 55.1 Å². The number of hydrogen-bond donors (Lipinski definition) is 0. The molecule has 2 heterocycles. The number of aryl methyl sites for hydroxylation is 1. The topological polar surface area (TPSA) is 33.5 Å². The lowest BCUT2D eigenvalue weighted by Gasteiger charge is -2.40. The summed E-state index contributed by atoms with van der Waals surface area (Å²) in [5.41, 5.74) is 2.23. The van der Waals surface area contributed by atoms with Crippen molar-refractivity contribution in [2.45, 2.75) is 57.7 Å². The lowest BCUT2D eigenvalue weighted by atomic mass is 9.94. The Kier molecular flexibility index (Phi) is 7.63. The second kappa shape index (κ2) is 11.4. The Morgan fingerprint density at radius 2 is 1.57 bits per heavy atom. The van der Waals surface area contributed by atoms with Crippen LogP contribution in [0.15, 0.2) is 60.7 Å². The smallest absolute Gasteiger partial charge is 0.147 e. The van der Waals surface area contributed by atoms with Gasteiger partial charge in [0.2, 0.25) is 0 Å². The van der Waals surface area contributed by atoms with Crippen molar-refractivity contribution >= 4 is 33.4 Å². The maximum Gasteiger partial charge on any atom is 0.147 e. The van der Waals surface area contributed by atoms with E-state index < -0.39 is 0 Å². The summed E-state index contributed by atoms with van der Waals surface area (Å²) in [5, 5.41) is 3.19. The van der Waals surface area contributed by atoms with E-state index in [1.54, 1.807) is 0 Å². The number of imidazole rings is 1. The minimum atomic E-state index is 0.437. The van der Waals surface area contributed by atoms with E-state index in [-0.39, 0.29) is 0 Å². The summed E-state index contributed by atoms with van der Waals surface area (Å²) in [6, 6.07) is 21.4. The molecule has 6 heteroatoms. The van der Waals surface area contributed by atoms with E-state index in [2.05, 4.69) is 50.8 Å². The van der Waals surface area contributed by atoms with E-state index in [0.717, 1.165) is 42.6 Å². The minimum Gasteiger partial charge on any atom is -0.486 e. The molecular weight excluding hydrogens is 480 g/mol. The van der Waals surface area contributed by atoms with Crippen LogP contribution in [0.5, 0.6) is 5.75 Å². The van der Waals surface area contributed by atoms with Crippen molar-refractivity contribution in [1.29, 1.82) is 0 Å². The number of halogens is 1. The molecule has 1 aromatic heterocycles. The Morgan fingerprint density at radius 3 is 2.32 bits per heavy atom. The Morgan fingerprint density at radius 1 is 0.838 bits per heavy atom. The molecule has 37 heavy (non-hydrogen) atoms. The van der Waals surface area contributed by atoms with Crippen LogP contribution in [0.2, 0.25) is 5.02 Å². The summed E-state index contributed by atoms with van der Waals surface area (Å²) < 4.78 is 8.49. The van der Waals surface area contributed by atoms with Crippen LogP contribution in [0.25, 0.3) is 21.8 Å². The summed E-state index contributed by atoms with van der Waals surface area (Å²) >= 11 is 6.05. The van der Waals surface area contributed by atoms with Gasteiger partial charge >= 0.3 is 0 Å². The van der Waals surface area contributed by atoms with Crippen LogP contribution in [-0.2, 0) is 13.2 Å². The highest BCUT2D eigenvalue weighted by Gasteiger charge is 2.25. The third kappa shape index (κ3) is 5.79. The molecule has 3 aromatic carbocycles. The largest absolute Gasteiger partial charge is 0.486 e. The van der Waals surface area contributed by atoms with Gasteiger partial charge in [-0.25, -0.2) is 4.98 Å². The normalized spacial score (nSPS) is 18.1. The molecule has 0 spiro atoms. The lowest BCUT2D eigenvalue weighted by Crippen LogP contribution is -2.50. The van der Waals surface area contributed by atoms with Crippen molar-refractivity contribution in [3.05, 3.63) is 71.5 Å². The van der Waals surface area contributed by atoms with E-state index in [1.165, 1.54) is 74.6 Å². The number of benzene rings is 3. The molecule has 1 saturated carbocycles. The Balaban J connectivity index is 1.14. The summed E-state index contributed by atoms with van der Waals surface area (Å²) in [5.74, 6) is 1.78. The van der Waals surface area contributed by atoms with Crippen LogP contribution in [-0.4, -0.2) is 58.1 Å². The van der Waals surface area contributed by atoms with Crippen LogP contribution >= 0.6 is 11.6 Å². The zero-order chi connectivity index (χ0) is 25.0. The highest BCUT2D eigenvalue weighted by atomic mass is 35.5. The van der Waals surface area contributed by atoms with Crippen LogP contribution in [0.3, 0.4) is 0 Å². The molecule has 0 unspecified atom stereocenters. The zero-order valence-corrected chi connectivity index (χ0v) is 22.4. The number of fused-ring (bicyclic) bond motifs is 2. The molecule has 1 saturated heterocycles. The second-order valence-electron chi connectivity index (χ2n) is 10.6. The molecule has 1 aliphatic heterocycles. The SMILES string of the molecule is Clc1ccc(OCc2nc3cc4ccccc4cc3n2CCCN2CCN(C3CCCCC3)CC2)cc1. The first kappa shape index (κ1) is 24.7. The monoisotopic (exact) mass is 516 g/mol. The summed E-state index contributed by atoms with van der Waals surface area (Å²) in [4.78, 5) is 10.4. The predicted molar refractivity (Wildman–Crippen MR) is 153 cm³/mol. The number of ether oxygens (including phenoxy) is 1. The molecule has 0 atom stereocenters. The van der Waals surface area contributed by atoms with Gasteiger partial charge in [0.05, 0.1) is 11.0 Å². The fourth-order valence-electron chi connectivity index (χ4n) is 6.15. The van der Waals surface area contributed by atoms with Gasteiger partial charge in [-0.05, 0) is 73.0 Å². The van der Waals surface area contributed by atoms with E-state index in [0.29, 0.717) is 11.6 Å². The average molecular weight is 517 g/mol. The maximum absolute atomic E-state index is 6.12. The van der Waals surface area contributed by atoms with E-state index in [9.17, 15) is 0 Å². The molecule has 0 radical (unpaired) electrons. The van der Waals surface area contributed by atoms with E-state index >= 15 is 0 Å². The molecule has 194 valence electrons. The van der Waals surface area contributed by atoms with Crippen LogP contribution in [0, 0.1) is 0 Å². The van der Waals surface area contributed by atoms with Gasteiger partial charge in [0.15, 0.2) is 0 Å². The molecule has 6 rings (SSSR count). The molecule has 2 fully saturated rings. The van der Waals surface area contributed by atoms with Crippen molar-refractivity contribution in [2.24, 2.45) is 0 Å². The number of nitrogens with zero attached hydrogens (tertiary/aromatic N) is 4. The average Bonchev–Trinajstić information content (AvgIpc) is 3.28. The fraction of sp³-hybridized carbons (Fsp3) is 0.452. The first-order valence-electron chi connectivity index (χ1n) is 14.0. The van der Waals surface area contributed by atoms with Crippen molar-refractivity contribution in [3.8, 4) is 5.75 Å². The molecule has 5 nitrogen and oxygen atoms in total. The zero-order valence-electron chi connectivity index (χ0n) is 21.6. The highest BCUT2D eigenvalue weighted by molar-refractivity contribution is 6.30. The Labute approximate surface area is 225 Å². The minimum absolute atomic E-state index is 0.437. The number of hydrogen-bond acceptors (Lipinski definition) is 4. The first-order chi connectivity index (χ1) is 18.2. The quantitative estimate of drug-likeness (QED) is 0.259. The third-order valence-electron chi connectivity index (χ3n) is 8.23. The molecule has 0 amide bonds.